The molecule has 1 aromatic carbocycles. The third-order valence-electron chi connectivity index (χ3n) is 5.69. The molecule has 0 spiro atoms. The topological polar surface area (TPSA) is 108 Å². The third kappa shape index (κ3) is 3.10. The van der Waals surface area contributed by atoms with Crippen molar-refractivity contribution in [1.29, 1.82) is 0 Å². The van der Waals surface area contributed by atoms with E-state index in [1.165, 1.54) is 0 Å². The van der Waals surface area contributed by atoms with Gasteiger partial charge in [0.1, 0.15) is 6.04 Å². The van der Waals surface area contributed by atoms with E-state index in [1.807, 2.05) is 0 Å². The number of imide groups is 2. The van der Waals surface area contributed by atoms with Crippen molar-refractivity contribution in [3.63, 3.8) is 0 Å². The molecule has 3 aliphatic heterocycles. The van der Waals surface area contributed by atoms with Gasteiger partial charge >= 0.3 is 0 Å². The lowest BCUT2D eigenvalue weighted by Gasteiger charge is -2.27. The fraction of sp³-hybridized carbons (Fsp3) is 0.474. The minimum Gasteiger partial charge on any atom is -0.385 e. The molecule has 4 amide bonds. The average molecular weight is 370 g/mol. The maximum absolute atomic E-state index is 12.8. The quantitative estimate of drug-likeness (QED) is 0.661. The van der Waals surface area contributed by atoms with Crippen molar-refractivity contribution in [2.45, 2.75) is 25.8 Å². The van der Waals surface area contributed by atoms with Crippen molar-refractivity contribution < 1.29 is 19.2 Å². The number of fused-ring (bicyclic) bond motifs is 1. The largest absolute Gasteiger partial charge is 0.385 e. The number of carbonyl (C=O) groups is 4. The molecule has 3 heterocycles. The first-order valence-corrected chi connectivity index (χ1v) is 9.26. The van der Waals surface area contributed by atoms with Crippen LogP contribution in [0.4, 0.5) is 5.69 Å². The number of hydrogen-bond donors (Lipinski definition) is 3. The first kappa shape index (κ1) is 17.7. The van der Waals surface area contributed by atoms with Gasteiger partial charge in [0, 0.05) is 18.7 Å². The predicted molar refractivity (Wildman–Crippen MR) is 97.1 cm³/mol. The molecule has 27 heavy (non-hydrogen) atoms. The molecular weight excluding hydrogens is 348 g/mol. The first-order valence-electron chi connectivity index (χ1n) is 9.26. The SMILES string of the molecule is C[C@@H]1CNC[C@H]1CNc1ccc2c(c1)C(=O)N(C1CCC(=O)NC1=O)C2=O. The van der Waals surface area contributed by atoms with Crippen LogP contribution >= 0.6 is 0 Å². The summed E-state index contributed by atoms with van der Waals surface area (Å²) < 4.78 is 0. The predicted octanol–water partition coefficient (Wildman–Crippen LogP) is 0.355. The van der Waals surface area contributed by atoms with Gasteiger partial charge < -0.3 is 10.6 Å². The zero-order valence-electron chi connectivity index (χ0n) is 15.1. The summed E-state index contributed by atoms with van der Waals surface area (Å²) in [6, 6.07) is 4.15. The molecule has 3 atom stereocenters. The van der Waals surface area contributed by atoms with Gasteiger partial charge in [-0.1, -0.05) is 6.92 Å². The van der Waals surface area contributed by atoms with Crippen LogP contribution in [0.3, 0.4) is 0 Å². The number of nitrogens with one attached hydrogen (secondary N) is 3. The maximum Gasteiger partial charge on any atom is 0.262 e. The van der Waals surface area contributed by atoms with Crippen molar-refractivity contribution in [1.82, 2.24) is 15.5 Å². The Kier molecular flexibility index (Phi) is 4.43. The number of nitrogens with zero attached hydrogens (tertiary/aromatic N) is 1. The van der Waals surface area contributed by atoms with Gasteiger partial charge in [-0.2, -0.15) is 0 Å². The van der Waals surface area contributed by atoms with Crippen LogP contribution in [0.1, 0.15) is 40.5 Å². The number of benzene rings is 1. The van der Waals surface area contributed by atoms with Crippen LogP contribution in [0.5, 0.6) is 0 Å². The van der Waals surface area contributed by atoms with E-state index >= 15 is 0 Å². The monoisotopic (exact) mass is 370 g/mol. The lowest BCUT2D eigenvalue weighted by molar-refractivity contribution is -0.136. The summed E-state index contributed by atoms with van der Waals surface area (Å²) in [5.41, 5.74) is 1.37. The lowest BCUT2D eigenvalue weighted by Crippen LogP contribution is -2.54. The smallest absolute Gasteiger partial charge is 0.262 e. The van der Waals surface area contributed by atoms with E-state index in [0.717, 1.165) is 30.2 Å². The van der Waals surface area contributed by atoms with Crippen LogP contribution in [0.25, 0.3) is 0 Å². The molecule has 1 aromatic rings. The van der Waals surface area contributed by atoms with Gasteiger partial charge in [-0.3, -0.25) is 29.4 Å². The summed E-state index contributed by atoms with van der Waals surface area (Å²) in [6.45, 7) is 4.95. The Balaban J connectivity index is 1.51. The fourth-order valence-electron chi connectivity index (χ4n) is 3.97. The van der Waals surface area contributed by atoms with E-state index in [0.29, 0.717) is 23.0 Å². The molecule has 1 unspecified atom stereocenters. The van der Waals surface area contributed by atoms with Crippen LogP contribution in [0.2, 0.25) is 0 Å². The molecule has 3 aliphatic rings. The van der Waals surface area contributed by atoms with Gasteiger partial charge in [0.2, 0.25) is 11.8 Å². The number of amides is 4. The normalized spacial score (nSPS) is 27.7. The van der Waals surface area contributed by atoms with Gasteiger partial charge in [0.25, 0.3) is 11.8 Å². The van der Waals surface area contributed by atoms with Gasteiger partial charge in [0.15, 0.2) is 0 Å². The average Bonchev–Trinajstić information content (AvgIpc) is 3.15. The van der Waals surface area contributed by atoms with Crippen LogP contribution in [-0.4, -0.2) is 54.2 Å². The number of rotatable bonds is 4. The van der Waals surface area contributed by atoms with Crippen molar-refractivity contribution in [3.8, 4) is 0 Å². The van der Waals surface area contributed by atoms with Crippen molar-refractivity contribution >= 4 is 29.3 Å². The Bertz CT molecular complexity index is 837. The van der Waals surface area contributed by atoms with E-state index in [9.17, 15) is 19.2 Å². The second kappa shape index (κ2) is 6.77. The summed E-state index contributed by atoms with van der Waals surface area (Å²) in [5.74, 6) is -0.848. The third-order valence-corrected chi connectivity index (χ3v) is 5.69. The standard InChI is InChI=1S/C19H22N4O4/c1-10-7-20-8-11(10)9-21-12-2-3-13-14(6-12)19(27)23(18(13)26)15-4-5-16(24)22-17(15)25/h2-3,6,10-11,15,20-21H,4-5,7-9H2,1H3,(H,22,24,25)/t10-,11+,15?/m1/s1. The number of piperidine rings is 1. The zero-order chi connectivity index (χ0) is 19.1. The molecule has 4 rings (SSSR count). The number of hydrogen-bond acceptors (Lipinski definition) is 6. The molecule has 0 aromatic heterocycles. The highest BCUT2D eigenvalue weighted by atomic mass is 16.2. The molecule has 142 valence electrons. The maximum atomic E-state index is 12.8. The molecule has 0 radical (unpaired) electrons. The van der Waals surface area contributed by atoms with Crippen LogP contribution in [0.15, 0.2) is 18.2 Å². The van der Waals surface area contributed by atoms with Crippen LogP contribution in [-0.2, 0) is 9.59 Å². The Morgan fingerprint density at radius 3 is 2.59 bits per heavy atom. The molecular formula is C19H22N4O4. The van der Waals surface area contributed by atoms with E-state index in [2.05, 4.69) is 22.9 Å². The Morgan fingerprint density at radius 1 is 1.11 bits per heavy atom. The first-order chi connectivity index (χ1) is 13.0. The van der Waals surface area contributed by atoms with Gasteiger partial charge in [-0.15, -0.1) is 0 Å². The lowest BCUT2D eigenvalue weighted by atomic mass is 9.98. The summed E-state index contributed by atoms with van der Waals surface area (Å²) in [7, 11) is 0. The Morgan fingerprint density at radius 2 is 1.89 bits per heavy atom. The highest BCUT2D eigenvalue weighted by Crippen LogP contribution is 2.29. The van der Waals surface area contributed by atoms with E-state index in [4.69, 9.17) is 0 Å². The van der Waals surface area contributed by atoms with Gasteiger partial charge in [0.05, 0.1) is 11.1 Å². The second-order valence-corrected chi connectivity index (χ2v) is 7.48. The molecule has 2 saturated heterocycles. The molecule has 8 heteroatoms. The second-order valence-electron chi connectivity index (χ2n) is 7.48. The molecule has 8 nitrogen and oxygen atoms in total. The van der Waals surface area contributed by atoms with E-state index < -0.39 is 23.8 Å². The van der Waals surface area contributed by atoms with E-state index in [1.54, 1.807) is 18.2 Å². The summed E-state index contributed by atoms with van der Waals surface area (Å²) in [5, 5.41) is 8.90. The minimum absolute atomic E-state index is 0.115. The van der Waals surface area contributed by atoms with Gasteiger partial charge in [-0.05, 0) is 49.5 Å². The zero-order valence-corrected chi connectivity index (χ0v) is 15.1. The molecule has 0 aliphatic carbocycles. The fourth-order valence-corrected chi connectivity index (χ4v) is 3.97. The molecule has 2 fully saturated rings. The number of anilines is 1. The molecule has 0 bridgehead atoms. The summed E-state index contributed by atoms with van der Waals surface area (Å²) in [6.07, 6.45) is 0.276. The van der Waals surface area contributed by atoms with Gasteiger partial charge in [-0.25, -0.2) is 0 Å². The van der Waals surface area contributed by atoms with Crippen LogP contribution in [0, 0.1) is 11.8 Å². The highest BCUT2D eigenvalue weighted by molar-refractivity contribution is 6.23. The highest BCUT2D eigenvalue weighted by Gasteiger charge is 2.44. The molecule has 3 N–H and O–H groups in total. The van der Waals surface area contributed by atoms with Crippen molar-refractivity contribution in [2.24, 2.45) is 11.8 Å². The molecule has 0 saturated carbocycles. The summed E-state index contributed by atoms with van der Waals surface area (Å²) >= 11 is 0. The van der Waals surface area contributed by atoms with Crippen molar-refractivity contribution in [2.75, 3.05) is 25.0 Å². The van der Waals surface area contributed by atoms with E-state index in [-0.39, 0.29) is 18.7 Å². The Labute approximate surface area is 156 Å². The Hall–Kier alpha value is -2.74. The number of carbonyl (C=O) groups excluding carboxylic acids is 4. The van der Waals surface area contributed by atoms with Crippen LogP contribution < -0.4 is 16.0 Å². The summed E-state index contributed by atoms with van der Waals surface area (Å²) in [4.78, 5) is 49.9. The minimum atomic E-state index is -0.933. The van der Waals surface area contributed by atoms with Crippen molar-refractivity contribution in [3.05, 3.63) is 29.3 Å².